The monoisotopic (exact) mass is 253 g/mol. The van der Waals surface area contributed by atoms with Gasteiger partial charge in [0.15, 0.2) is 0 Å². The van der Waals surface area contributed by atoms with Gasteiger partial charge in [0.05, 0.1) is 17.1 Å². The highest BCUT2D eigenvalue weighted by molar-refractivity contribution is 6.04. The molecule has 0 saturated carbocycles. The maximum atomic E-state index is 5.05. The van der Waals surface area contributed by atoms with Gasteiger partial charge in [0, 0.05) is 7.11 Å². The zero-order valence-corrected chi connectivity index (χ0v) is 13.9. The van der Waals surface area contributed by atoms with Crippen LogP contribution < -0.4 is 0 Å². The fourth-order valence-corrected chi connectivity index (χ4v) is 1.73. The van der Waals surface area contributed by atoms with E-state index in [1.165, 1.54) is 5.56 Å². The predicted molar refractivity (Wildman–Crippen MR) is 79.2 cm³/mol. The Morgan fingerprint density at radius 3 is 2.18 bits per heavy atom. The number of benzene rings is 1. The van der Waals surface area contributed by atoms with E-state index in [2.05, 4.69) is 55.7 Å². The third-order valence-electron chi connectivity index (χ3n) is 1.97. The lowest BCUT2D eigenvalue weighted by Crippen LogP contribution is -2.25. The van der Waals surface area contributed by atoms with Gasteiger partial charge in [-0.25, -0.2) is 0 Å². The lowest BCUT2D eigenvalue weighted by atomic mass is 10.1. The number of hydrogen-bond donors (Lipinski definition) is 0. The molecular weight excluding hydrogens is 226 g/mol. The zero-order chi connectivity index (χ0) is 13.1. The van der Waals surface area contributed by atoms with Crippen molar-refractivity contribution in [1.82, 2.24) is 4.57 Å². The summed E-state index contributed by atoms with van der Waals surface area (Å²) >= 11 is 0. The summed E-state index contributed by atoms with van der Waals surface area (Å²) in [5.41, 5.74) is 1.40. The van der Waals surface area contributed by atoms with E-state index in [1.807, 2.05) is 0 Å². The van der Waals surface area contributed by atoms with Gasteiger partial charge in [0.25, 0.3) is 0 Å². The molecule has 0 N–H and O–H groups in total. The minimum atomic E-state index is 0.763. The van der Waals surface area contributed by atoms with Crippen molar-refractivity contribution >= 4 is 10.4 Å². The molecule has 0 aliphatic rings. The molecule has 0 atom stereocenters. The summed E-state index contributed by atoms with van der Waals surface area (Å²) in [4.78, 5) is 0. The molecule has 2 nitrogen and oxygen atoms in total. The van der Waals surface area contributed by atoms with Crippen LogP contribution in [0.2, 0.25) is 0 Å². The Kier molecular flexibility index (Phi) is 10.1. The fraction of sp³-hybridized carbons (Fsp3) is 0.571. The van der Waals surface area contributed by atoms with Gasteiger partial charge in [-0.1, -0.05) is 51.1 Å². The molecule has 0 saturated heterocycles. The fourth-order valence-electron chi connectivity index (χ4n) is 1.25. The second-order valence-corrected chi connectivity index (χ2v) is 6.23. The van der Waals surface area contributed by atoms with Gasteiger partial charge < -0.3 is 9.30 Å². The SMILES string of the molecule is CC(C)C.COCN([SiH3])CCc1ccccc1. The van der Waals surface area contributed by atoms with Crippen molar-refractivity contribution in [3.05, 3.63) is 35.9 Å². The Bertz CT molecular complexity index is 261. The van der Waals surface area contributed by atoms with Crippen molar-refractivity contribution < 1.29 is 4.74 Å². The van der Waals surface area contributed by atoms with E-state index in [4.69, 9.17) is 4.74 Å². The molecular formula is C14H27NOSi. The highest BCUT2D eigenvalue weighted by Gasteiger charge is 1.96. The van der Waals surface area contributed by atoms with Crippen LogP contribution in [-0.4, -0.2) is 35.4 Å². The maximum Gasteiger partial charge on any atom is 0.0921 e. The van der Waals surface area contributed by atoms with Crippen LogP contribution >= 0.6 is 0 Å². The lowest BCUT2D eigenvalue weighted by Gasteiger charge is -2.15. The average Bonchev–Trinajstić information content (AvgIpc) is 2.27. The first-order chi connectivity index (χ1) is 8.06. The predicted octanol–water partition coefficient (Wildman–Crippen LogP) is 2.08. The normalized spacial score (nSPS) is 10.5. The van der Waals surface area contributed by atoms with Crippen LogP contribution in [-0.2, 0) is 11.2 Å². The van der Waals surface area contributed by atoms with Gasteiger partial charge in [-0.05, 0) is 24.4 Å². The zero-order valence-electron chi connectivity index (χ0n) is 11.9. The molecule has 1 aromatic carbocycles. The molecule has 98 valence electrons. The van der Waals surface area contributed by atoms with Crippen LogP contribution in [0.3, 0.4) is 0 Å². The molecule has 1 aromatic rings. The van der Waals surface area contributed by atoms with Gasteiger partial charge in [0.1, 0.15) is 0 Å². The van der Waals surface area contributed by atoms with Gasteiger partial charge in [-0.15, -0.1) is 0 Å². The largest absolute Gasteiger partial charge is 0.370 e. The van der Waals surface area contributed by atoms with Crippen molar-refractivity contribution in [1.29, 1.82) is 0 Å². The van der Waals surface area contributed by atoms with E-state index in [9.17, 15) is 0 Å². The summed E-state index contributed by atoms with van der Waals surface area (Å²) in [6.07, 6.45) is 1.12. The molecule has 0 fully saturated rings. The Morgan fingerprint density at radius 2 is 1.71 bits per heavy atom. The highest BCUT2D eigenvalue weighted by atomic mass is 28.2. The first-order valence-corrected chi connectivity index (χ1v) is 7.17. The van der Waals surface area contributed by atoms with Crippen LogP contribution in [0.15, 0.2) is 30.3 Å². The van der Waals surface area contributed by atoms with Gasteiger partial charge in [0.2, 0.25) is 0 Å². The molecule has 0 bridgehead atoms. The topological polar surface area (TPSA) is 12.5 Å². The molecule has 0 aliphatic heterocycles. The van der Waals surface area contributed by atoms with E-state index in [1.54, 1.807) is 7.11 Å². The van der Waals surface area contributed by atoms with Crippen LogP contribution in [0, 0.1) is 5.92 Å². The maximum absolute atomic E-state index is 5.05. The quantitative estimate of drug-likeness (QED) is 0.588. The van der Waals surface area contributed by atoms with Gasteiger partial charge in [-0.3, -0.25) is 0 Å². The van der Waals surface area contributed by atoms with Crippen molar-refractivity contribution in [3.8, 4) is 0 Å². The van der Waals surface area contributed by atoms with Crippen LogP contribution in [0.1, 0.15) is 26.3 Å². The Balaban J connectivity index is 0.000000557. The molecule has 0 amide bonds. The summed E-state index contributed by atoms with van der Waals surface area (Å²) in [6.45, 7) is 8.36. The Morgan fingerprint density at radius 1 is 1.18 bits per heavy atom. The first-order valence-electron chi connectivity index (χ1n) is 6.27. The minimum Gasteiger partial charge on any atom is -0.370 e. The first kappa shape index (κ1) is 16.4. The van der Waals surface area contributed by atoms with E-state index in [0.29, 0.717) is 0 Å². The van der Waals surface area contributed by atoms with Crippen molar-refractivity contribution in [2.24, 2.45) is 5.92 Å². The highest BCUT2D eigenvalue weighted by Crippen LogP contribution is 1.99. The summed E-state index contributed by atoms with van der Waals surface area (Å²) in [5, 5.41) is 0. The smallest absolute Gasteiger partial charge is 0.0921 e. The average molecular weight is 253 g/mol. The van der Waals surface area contributed by atoms with Gasteiger partial charge >= 0.3 is 0 Å². The third-order valence-corrected chi connectivity index (χ3v) is 2.68. The van der Waals surface area contributed by atoms with Crippen molar-refractivity contribution in [2.75, 3.05) is 20.4 Å². The standard InChI is InChI=1S/C10H17NOSi.C4H10/c1-12-9-11(13)8-7-10-5-3-2-4-6-10;1-4(2)3/h2-6H,7-9H2,1,13H3;4H,1-3H3. The van der Waals surface area contributed by atoms with E-state index in [-0.39, 0.29) is 0 Å². The third kappa shape index (κ3) is 11.6. The van der Waals surface area contributed by atoms with E-state index < -0.39 is 0 Å². The van der Waals surface area contributed by atoms with Crippen LogP contribution in [0.5, 0.6) is 0 Å². The number of ether oxygens (including phenoxy) is 1. The molecule has 0 radical (unpaired) electrons. The summed E-state index contributed by atoms with van der Waals surface area (Å²) < 4.78 is 7.35. The molecule has 0 unspecified atom stereocenters. The summed E-state index contributed by atoms with van der Waals surface area (Å²) in [7, 11) is 2.81. The molecule has 0 spiro atoms. The molecule has 0 aromatic heterocycles. The van der Waals surface area contributed by atoms with E-state index in [0.717, 1.165) is 36.0 Å². The molecule has 3 heteroatoms. The van der Waals surface area contributed by atoms with Crippen LogP contribution in [0.4, 0.5) is 0 Å². The van der Waals surface area contributed by atoms with Crippen LogP contribution in [0.25, 0.3) is 0 Å². The Hall–Kier alpha value is -0.643. The molecule has 1 rings (SSSR count). The minimum absolute atomic E-state index is 0.763. The number of methoxy groups -OCH3 is 1. The van der Waals surface area contributed by atoms with Crippen molar-refractivity contribution in [2.45, 2.75) is 27.2 Å². The summed E-state index contributed by atoms with van der Waals surface area (Å²) in [5.74, 6) is 0.833. The molecule has 0 aliphatic carbocycles. The number of nitrogens with zero attached hydrogens (tertiary/aromatic N) is 1. The second-order valence-electron chi connectivity index (χ2n) is 4.97. The number of rotatable bonds is 5. The molecule has 17 heavy (non-hydrogen) atoms. The Labute approximate surface area is 109 Å². The summed E-state index contributed by atoms with van der Waals surface area (Å²) in [6, 6.07) is 10.6. The second kappa shape index (κ2) is 10.5. The van der Waals surface area contributed by atoms with Gasteiger partial charge in [-0.2, -0.15) is 0 Å². The van der Waals surface area contributed by atoms with E-state index >= 15 is 0 Å². The molecule has 0 heterocycles. The lowest BCUT2D eigenvalue weighted by molar-refractivity contribution is 0.119. The van der Waals surface area contributed by atoms with Crippen molar-refractivity contribution in [3.63, 3.8) is 0 Å². The number of hydrogen-bond acceptors (Lipinski definition) is 2.